The molecule has 0 bridgehead atoms. The zero-order chi connectivity index (χ0) is 19.1. The molecule has 0 aliphatic heterocycles. The van der Waals surface area contributed by atoms with Gasteiger partial charge in [-0.25, -0.2) is 0 Å². The Balaban J connectivity index is 2.19. The average Bonchev–Trinajstić information content (AvgIpc) is 3.02. The van der Waals surface area contributed by atoms with Gasteiger partial charge in [0.05, 0.1) is 0 Å². The first kappa shape index (κ1) is 19.9. The van der Waals surface area contributed by atoms with Crippen LogP contribution in [0.1, 0.15) is 22.5 Å². The third-order valence-electron chi connectivity index (χ3n) is 3.09. The molecular formula is C17H13Br2N2O5-. The molecule has 1 aromatic carbocycles. The lowest BCUT2D eigenvalue weighted by Crippen LogP contribution is -2.37. The molecule has 7 nitrogen and oxygen atoms in total. The number of hydrogen-bond donors (Lipinski definition) is 2. The second kappa shape index (κ2) is 9.35. The molecule has 2 rings (SSSR count). The molecule has 9 heteroatoms. The molecule has 2 amide bonds. The number of rotatable bonds is 7. The highest BCUT2D eigenvalue weighted by molar-refractivity contribution is 9.10. The molecule has 2 N–H and O–H groups in total. The molecule has 136 valence electrons. The van der Waals surface area contributed by atoms with E-state index in [0.29, 0.717) is 10.2 Å². The van der Waals surface area contributed by atoms with Gasteiger partial charge in [-0.15, -0.1) is 0 Å². The van der Waals surface area contributed by atoms with Crippen molar-refractivity contribution in [1.29, 1.82) is 0 Å². The number of benzene rings is 1. The summed E-state index contributed by atoms with van der Waals surface area (Å²) >= 11 is 6.41. The predicted octanol–water partition coefficient (Wildman–Crippen LogP) is 1.83. The Morgan fingerprint density at radius 2 is 1.77 bits per heavy atom. The number of amides is 2. The molecule has 0 atom stereocenters. The van der Waals surface area contributed by atoms with Crippen molar-refractivity contribution in [2.75, 3.05) is 6.54 Å². The maximum atomic E-state index is 12.3. The van der Waals surface area contributed by atoms with Crippen molar-refractivity contribution in [3.05, 3.63) is 62.6 Å². The minimum atomic E-state index is -1.28. The van der Waals surface area contributed by atoms with Crippen LogP contribution < -0.4 is 15.7 Å². The van der Waals surface area contributed by atoms with Gasteiger partial charge in [-0.2, -0.15) is 0 Å². The summed E-state index contributed by atoms with van der Waals surface area (Å²) in [6, 6.07) is 10.0. The zero-order valence-corrected chi connectivity index (χ0v) is 16.4. The molecule has 0 aliphatic rings. The quantitative estimate of drug-likeness (QED) is 0.582. The van der Waals surface area contributed by atoms with E-state index in [2.05, 4.69) is 42.5 Å². The van der Waals surface area contributed by atoms with Crippen LogP contribution in [0.4, 0.5) is 0 Å². The van der Waals surface area contributed by atoms with Crippen molar-refractivity contribution in [1.82, 2.24) is 10.6 Å². The van der Waals surface area contributed by atoms with Gasteiger partial charge in [-0.3, -0.25) is 9.59 Å². The molecule has 0 fully saturated rings. The molecule has 2 aromatic rings. The number of halogens is 2. The first-order valence-electron chi connectivity index (χ1n) is 7.37. The Kier molecular flexibility index (Phi) is 7.16. The van der Waals surface area contributed by atoms with E-state index >= 15 is 0 Å². The van der Waals surface area contributed by atoms with Crippen molar-refractivity contribution >= 4 is 55.7 Å². The number of hydrogen-bond acceptors (Lipinski definition) is 5. The standard InChI is InChI=1S/C17H14Br2N2O5/c18-11-3-1-10(2-4-11)9-12(16(24)20-8-7-15(22)23)21-17(25)13-5-6-14(19)26-13/h1-6,9H,7-8H2,(H,20,24)(H,21,25)(H,22,23)/p-1/b12-9-. The normalized spacial score (nSPS) is 11.1. The lowest BCUT2D eigenvalue weighted by atomic mass is 10.2. The smallest absolute Gasteiger partial charge is 0.291 e. The number of carboxylic acid groups (broad SMARTS) is 1. The molecule has 0 unspecified atom stereocenters. The lowest BCUT2D eigenvalue weighted by Gasteiger charge is -2.10. The van der Waals surface area contributed by atoms with E-state index < -0.39 is 17.8 Å². The molecule has 0 aliphatic carbocycles. The van der Waals surface area contributed by atoms with Crippen molar-refractivity contribution in [2.24, 2.45) is 0 Å². The van der Waals surface area contributed by atoms with Crippen LogP contribution in [-0.4, -0.2) is 24.3 Å². The molecular weight excluding hydrogens is 472 g/mol. The lowest BCUT2D eigenvalue weighted by molar-refractivity contribution is -0.305. The van der Waals surface area contributed by atoms with Crippen LogP contribution in [0.15, 0.2) is 55.7 Å². The van der Waals surface area contributed by atoms with E-state index in [1.54, 1.807) is 30.3 Å². The van der Waals surface area contributed by atoms with Crippen LogP contribution in [0.3, 0.4) is 0 Å². The first-order chi connectivity index (χ1) is 12.3. The maximum Gasteiger partial charge on any atom is 0.291 e. The second-order valence-corrected chi connectivity index (χ2v) is 6.74. The Morgan fingerprint density at radius 3 is 2.35 bits per heavy atom. The molecule has 0 radical (unpaired) electrons. The summed E-state index contributed by atoms with van der Waals surface area (Å²) in [4.78, 5) is 35.0. The average molecular weight is 485 g/mol. The Morgan fingerprint density at radius 1 is 1.08 bits per heavy atom. The summed E-state index contributed by atoms with van der Waals surface area (Å²) in [6.45, 7) is -0.124. The molecule has 26 heavy (non-hydrogen) atoms. The van der Waals surface area contributed by atoms with Gasteiger partial charge in [-0.05, 0) is 51.8 Å². The number of aliphatic carboxylic acids is 1. The van der Waals surface area contributed by atoms with Crippen LogP contribution in [0.2, 0.25) is 0 Å². The van der Waals surface area contributed by atoms with Crippen molar-refractivity contribution in [3.8, 4) is 0 Å². The molecule has 0 saturated carbocycles. The summed E-state index contributed by atoms with van der Waals surface area (Å²) < 4.78 is 6.39. The van der Waals surface area contributed by atoms with E-state index in [1.807, 2.05) is 0 Å². The third-order valence-corrected chi connectivity index (χ3v) is 4.04. The highest BCUT2D eigenvalue weighted by Crippen LogP contribution is 2.15. The van der Waals surface area contributed by atoms with Crippen LogP contribution in [0.25, 0.3) is 6.08 Å². The minimum Gasteiger partial charge on any atom is -0.550 e. The zero-order valence-electron chi connectivity index (χ0n) is 13.3. The summed E-state index contributed by atoms with van der Waals surface area (Å²) in [6.07, 6.45) is 1.13. The van der Waals surface area contributed by atoms with Crippen LogP contribution in [-0.2, 0) is 9.59 Å². The topological polar surface area (TPSA) is 111 Å². The third kappa shape index (κ3) is 6.16. The van der Waals surface area contributed by atoms with Gasteiger partial charge in [0.2, 0.25) is 0 Å². The van der Waals surface area contributed by atoms with Gasteiger partial charge in [0.25, 0.3) is 11.8 Å². The largest absolute Gasteiger partial charge is 0.550 e. The van der Waals surface area contributed by atoms with Crippen molar-refractivity contribution < 1.29 is 23.9 Å². The molecule has 0 saturated heterocycles. The van der Waals surface area contributed by atoms with Gasteiger partial charge < -0.3 is 25.0 Å². The number of nitrogens with one attached hydrogen (secondary N) is 2. The van der Waals surface area contributed by atoms with Gasteiger partial charge >= 0.3 is 0 Å². The number of carbonyl (C=O) groups is 3. The monoisotopic (exact) mass is 483 g/mol. The highest BCUT2D eigenvalue weighted by atomic mass is 79.9. The Labute approximate surface area is 165 Å². The van der Waals surface area contributed by atoms with Crippen LogP contribution >= 0.6 is 31.9 Å². The number of carboxylic acids is 1. The maximum absolute atomic E-state index is 12.3. The SMILES string of the molecule is O=C([O-])CCNC(=O)/C(=C/c1ccc(Br)cc1)NC(=O)c1ccc(Br)o1. The van der Waals surface area contributed by atoms with Crippen LogP contribution in [0, 0.1) is 0 Å². The first-order valence-corrected chi connectivity index (χ1v) is 8.96. The second-order valence-electron chi connectivity index (χ2n) is 5.05. The minimum absolute atomic E-state index is 0.0149. The van der Waals surface area contributed by atoms with Crippen molar-refractivity contribution in [2.45, 2.75) is 6.42 Å². The van der Waals surface area contributed by atoms with E-state index in [4.69, 9.17) is 4.42 Å². The summed E-state index contributed by atoms with van der Waals surface area (Å²) in [7, 11) is 0. The Bertz CT molecular complexity index is 843. The van der Waals surface area contributed by atoms with E-state index in [-0.39, 0.29) is 24.4 Å². The molecule has 0 spiro atoms. The fourth-order valence-corrected chi connectivity index (χ4v) is 2.45. The highest BCUT2D eigenvalue weighted by Gasteiger charge is 2.17. The summed E-state index contributed by atoms with van der Waals surface area (Å²) in [5, 5.41) is 15.4. The number of furan rings is 1. The van der Waals surface area contributed by atoms with Gasteiger partial charge in [-0.1, -0.05) is 28.1 Å². The van der Waals surface area contributed by atoms with E-state index in [1.165, 1.54) is 12.1 Å². The van der Waals surface area contributed by atoms with Crippen molar-refractivity contribution in [3.63, 3.8) is 0 Å². The molecule has 1 heterocycles. The number of carbonyl (C=O) groups excluding carboxylic acids is 3. The Hall–Kier alpha value is -2.39. The van der Waals surface area contributed by atoms with Gasteiger partial charge in [0, 0.05) is 23.4 Å². The van der Waals surface area contributed by atoms with E-state index in [0.717, 1.165) is 4.47 Å². The van der Waals surface area contributed by atoms with E-state index in [9.17, 15) is 19.5 Å². The fraction of sp³-hybridized carbons (Fsp3) is 0.118. The summed E-state index contributed by atoms with van der Waals surface area (Å²) in [5.74, 6) is -2.52. The van der Waals surface area contributed by atoms with Gasteiger partial charge in [0.15, 0.2) is 10.4 Å². The van der Waals surface area contributed by atoms with Crippen LogP contribution in [0.5, 0.6) is 0 Å². The predicted molar refractivity (Wildman–Crippen MR) is 98.6 cm³/mol. The summed E-state index contributed by atoms with van der Waals surface area (Å²) in [5.41, 5.74) is 0.613. The molecule has 1 aromatic heterocycles. The van der Waals surface area contributed by atoms with Gasteiger partial charge in [0.1, 0.15) is 5.70 Å². The fourth-order valence-electron chi connectivity index (χ4n) is 1.88.